The number of nitrogens with one attached hydrogen (secondary N) is 1. The van der Waals surface area contributed by atoms with Crippen molar-refractivity contribution in [2.24, 2.45) is 0 Å². The standard InChI is InChI=1S/C14H20FNO3/c1-4-16-8-11-5-6-13(12(15)7-11)18-9-14(17)19-10(2)3/h5-7,10,16H,4,8-9H2,1-3H3. The van der Waals surface area contributed by atoms with Crippen molar-refractivity contribution in [3.05, 3.63) is 29.6 Å². The van der Waals surface area contributed by atoms with E-state index in [1.165, 1.54) is 12.1 Å². The van der Waals surface area contributed by atoms with Gasteiger partial charge in [-0.15, -0.1) is 0 Å². The van der Waals surface area contributed by atoms with Crippen molar-refractivity contribution < 1.29 is 18.7 Å². The molecule has 1 rings (SSSR count). The van der Waals surface area contributed by atoms with Gasteiger partial charge in [0.05, 0.1) is 6.10 Å². The number of ether oxygens (including phenoxy) is 2. The monoisotopic (exact) mass is 269 g/mol. The molecule has 0 radical (unpaired) electrons. The van der Waals surface area contributed by atoms with Crippen LogP contribution < -0.4 is 10.1 Å². The second kappa shape index (κ2) is 7.74. The summed E-state index contributed by atoms with van der Waals surface area (Å²) in [5, 5.41) is 3.10. The quantitative estimate of drug-likeness (QED) is 0.771. The summed E-state index contributed by atoms with van der Waals surface area (Å²) in [5.41, 5.74) is 0.830. The largest absolute Gasteiger partial charge is 0.479 e. The average molecular weight is 269 g/mol. The SMILES string of the molecule is CCNCc1ccc(OCC(=O)OC(C)C)c(F)c1. The van der Waals surface area contributed by atoms with Gasteiger partial charge < -0.3 is 14.8 Å². The molecule has 0 amide bonds. The molecule has 0 aliphatic heterocycles. The van der Waals surface area contributed by atoms with Gasteiger partial charge in [0.25, 0.3) is 0 Å². The molecule has 0 aliphatic carbocycles. The molecule has 0 bridgehead atoms. The maximum absolute atomic E-state index is 13.7. The summed E-state index contributed by atoms with van der Waals surface area (Å²) in [6.45, 7) is 6.60. The Labute approximate surface area is 112 Å². The van der Waals surface area contributed by atoms with Gasteiger partial charge in [-0.05, 0) is 38.1 Å². The van der Waals surface area contributed by atoms with Gasteiger partial charge in [0.2, 0.25) is 0 Å². The Bertz CT molecular complexity index is 421. The van der Waals surface area contributed by atoms with Crippen LogP contribution in [0.1, 0.15) is 26.3 Å². The first kappa shape index (κ1) is 15.4. The summed E-state index contributed by atoms with van der Waals surface area (Å²) in [4.78, 5) is 11.3. The van der Waals surface area contributed by atoms with Crippen LogP contribution in [0.2, 0.25) is 0 Å². The Morgan fingerprint density at radius 3 is 2.74 bits per heavy atom. The van der Waals surface area contributed by atoms with Gasteiger partial charge in [0.15, 0.2) is 18.2 Å². The molecule has 0 heterocycles. The lowest BCUT2D eigenvalue weighted by molar-refractivity contribution is -0.149. The predicted molar refractivity (Wildman–Crippen MR) is 70.5 cm³/mol. The van der Waals surface area contributed by atoms with Gasteiger partial charge in [-0.3, -0.25) is 0 Å². The molecule has 19 heavy (non-hydrogen) atoms. The Kier molecular flexibility index (Phi) is 6.29. The normalized spacial score (nSPS) is 10.6. The van der Waals surface area contributed by atoms with Crippen LogP contribution in [0.25, 0.3) is 0 Å². The first-order valence-corrected chi connectivity index (χ1v) is 6.34. The Hall–Kier alpha value is -1.62. The van der Waals surface area contributed by atoms with Crippen LogP contribution in [0.5, 0.6) is 5.75 Å². The van der Waals surface area contributed by atoms with E-state index in [9.17, 15) is 9.18 Å². The molecule has 0 saturated heterocycles. The van der Waals surface area contributed by atoms with Gasteiger partial charge >= 0.3 is 5.97 Å². The second-order valence-electron chi connectivity index (χ2n) is 4.37. The van der Waals surface area contributed by atoms with Crippen LogP contribution in [0, 0.1) is 5.82 Å². The van der Waals surface area contributed by atoms with Crippen molar-refractivity contribution in [2.45, 2.75) is 33.4 Å². The summed E-state index contributed by atoms with van der Waals surface area (Å²) in [6, 6.07) is 4.67. The fourth-order valence-corrected chi connectivity index (χ4v) is 1.47. The number of esters is 1. The molecule has 0 atom stereocenters. The first-order chi connectivity index (χ1) is 9.02. The lowest BCUT2D eigenvalue weighted by atomic mass is 10.2. The molecule has 106 valence electrons. The minimum Gasteiger partial charge on any atom is -0.479 e. The molecule has 1 aromatic rings. The van der Waals surface area contributed by atoms with E-state index in [-0.39, 0.29) is 18.5 Å². The number of halogens is 1. The van der Waals surface area contributed by atoms with Gasteiger partial charge in [-0.25, -0.2) is 9.18 Å². The van der Waals surface area contributed by atoms with E-state index >= 15 is 0 Å². The van der Waals surface area contributed by atoms with Crippen LogP contribution in [-0.2, 0) is 16.1 Å². The Morgan fingerprint density at radius 1 is 1.42 bits per heavy atom. The van der Waals surface area contributed by atoms with E-state index in [0.717, 1.165) is 12.1 Å². The summed E-state index contributed by atoms with van der Waals surface area (Å²) < 4.78 is 23.7. The van der Waals surface area contributed by atoms with Crippen LogP contribution in [-0.4, -0.2) is 25.2 Å². The number of carbonyl (C=O) groups is 1. The van der Waals surface area contributed by atoms with E-state index in [1.54, 1.807) is 19.9 Å². The zero-order valence-electron chi connectivity index (χ0n) is 11.5. The number of rotatable bonds is 7. The van der Waals surface area contributed by atoms with Crippen molar-refractivity contribution >= 4 is 5.97 Å². The number of carbonyl (C=O) groups excluding carboxylic acids is 1. The van der Waals surface area contributed by atoms with Crippen LogP contribution >= 0.6 is 0 Å². The first-order valence-electron chi connectivity index (χ1n) is 6.34. The van der Waals surface area contributed by atoms with E-state index in [0.29, 0.717) is 6.54 Å². The maximum atomic E-state index is 13.7. The predicted octanol–water partition coefficient (Wildman–Crippen LogP) is 2.27. The third kappa shape index (κ3) is 5.70. The van der Waals surface area contributed by atoms with Gasteiger partial charge in [0, 0.05) is 6.54 Å². The van der Waals surface area contributed by atoms with Crippen molar-refractivity contribution in [2.75, 3.05) is 13.2 Å². The molecule has 4 nitrogen and oxygen atoms in total. The van der Waals surface area contributed by atoms with E-state index in [2.05, 4.69) is 5.32 Å². The molecule has 0 spiro atoms. The topological polar surface area (TPSA) is 47.6 Å². The van der Waals surface area contributed by atoms with Gasteiger partial charge in [-0.2, -0.15) is 0 Å². The number of hydrogen-bond acceptors (Lipinski definition) is 4. The third-order valence-electron chi connectivity index (χ3n) is 2.29. The summed E-state index contributed by atoms with van der Waals surface area (Å²) in [6.07, 6.45) is -0.205. The van der Waals surface area contributed by atoms with Crippen molar-refractivity contribution in [1.82, 2.24) is 5.32 Å². The van der Waals surface area contributed by atoms with Gasteiger partial charge in [-0.1, -0.05) is 13.0 Å². The highest BCUT2D eigenvalue weighted by Crippen LogP contribution is 2.18. The highest BCUT2D eigenvalue weighted by atomic mass is 19.1. The summed E-state index contributed by atoms with van der Waals surface area (Å²) in [5.74, 6) is -0.931. The average Bonchev–Trinajstić information content (AvgIpc) is 2.34. The molecule has 0 aromatic heterocycles. The molecule has 0 aliphatic rings. The van der Waals surface area contributed by atoms with Crippen LogP contribution in [0.15, 0.2) is 18.2 Å². The van der Waals surface area contributed by atoms with Crippen molar-refractivity contribution in [3.63, 3.8) is 0 Å². The van der Waals surface area contributed by atoms with Crippen LogP contribution in [0.4, 0.5) is 4.39 Å². The summed E-state index contributed by atoms with van der Waals surface area (Å²) in [7, 11) is 0. The summed E-state index contributed by atoms with van der Waals surface area (Å²) >= 11 is 0. The molecule has 0 saturated carbocycles. The molecule has 0 fully saturated rings. The molecule has 0 unspecified atom stereocenters. The Balaban J connectivity index is 2.52. The smallest absolute Gasteiger partial charge is 0.344 e. The molecular formula is C14H20FNO3. The van der Waals surface area contributed by atoms with E-state index < -0.39 is 11.8 Å². The minimum absolute atomic E-state index is 0.0564. The van der Waals surface area contributed by atoms with Gasteiger partial charge in [0.1, 0.15) is 0 Å². The number of benzene rings is 1. The van der Waals surface area contributed by atoms with Crippen LogP contribution in [0.3, 0.4) is 0 Å². The third-order valence-corrected chi connectivity index (χ3v) is 2.29. The lowest BCUT2D eigenvalue weighted by Gasteiger charge is -2.10. The molecule has 1 N–H and O–H groups in total. The molecular weight excluding hydrogens is 249 g/mol. The lowest BCUT2D eigenvalue weighted by Crippen LogP contribution is -2.19. The maximum Gasteiger partial charge on any atom is 0.344 e. The van der Waals surface area contributed by atoms with Crippen molar-refractivity contribution in [3.8, 4) is 5.75 Å². The number of hydrogen-bond donors (Lipinski definition) is 1. The van der Waals surface area contributed by atoms with E-state index in [4.69, 9.17) is 9.47 Å². The zero-order chi connectivity index (χ0) is 14.3. The molecule has 1 aromatic carbocycles. The minimum atomic E-state index is -0.508. The highest BCUT2D eigenvalue weighted by molar-refractivity contribution is 5.71. The molecule has 5 heteroatoms. The fourth-order valence-electron chi connectivity index (χ4n) is 1.47. The second-order valence-corrected chi connectivity index (χ2v) is 4.37. The fraction of sp³-hybridized carbons (Fsp3) is 0.500. The van der Waals surface area contributed by atoms with Crippen molar-refractivity contribution in [1.29, 1.82) is 0 Å². The highest BCUT2D eigenvalue weighted by Gasteiger charge is 2.09. The zero-order valence-corrected chi connectivity index (χ0v) is 11.5. The Morgan fingerprint density at radius 2 is 2.16 bits per heavy atom. The van der Waals surface area contributed by atoms with E-state index in [1.807, 2.05) is 6.92 Å².